The summed E-state index contributed by atoms with van der Waals surface area (Å²) in [6.07, 6.45) is 0.567. The van der Waals surface area contributed by atoms with Crippen LogP contribution in [-0.2, 0) is 0 Å². The minimum atomic E-state index is 0.0756. The number of rotatable bonds is 2. The van der Waals surface area contributed by atoms with E-state index in [9.17, 15) is 0 Å². The number of anilines is 1. The van der Waals surface area contributed by atoms with Crippen LogP contribution in [0.3, 0.4) is 0 Å². The minimum Gasteiger partial charge on any atom is -0.364 e. The molecule has 0 spiro atoms. The molecule has 0 saturated carbocycles. The lowest BCUT2D eigenvalue weighted by Crippen LogP contribution is -2.62. The van der Waals surface area contributed by atoms with Crippen molar-refractivity contribution in [2.24, 2.45) is 0 Å². The van der Waals surface area contributed by atoms with Gasteiger partial charge in [0.2, 0.25) is 0 Å². The quantitative estimate of drug-likeness (QED) is 0.885. The number of benzene rings is 1. The summed E-state index contributed by atoms with van der Waals surface area (Å²) in [7, 11) is 0. The molecule has 1 saturated heterocycles. The molecule has 0 amide bonds. The molecule has 1 N–H and O–H groups in total. The molecule has 0 bridgehead atoms. The number of nitrogens with zero attached hydrogens (tertiary/aromatic N) is 2. The van der Waals surface area contributed by atoms with E-state index in [1.807, 2.05) is 0 Å². The van der Waals surface area contributed by atoms with Crippen LogP contribution in [0.25, 0.3) is 0 Å². The Bertz CT molecular complexity index is 479. The fourth-order valence-electron chi connectivity index (χ4n) is 2.83. The summed E-state index contributed by atoms with van der Waals surface area (Å²) in [5.41, 5.74) is 3.93. The maximum absolute atomic E-state index is 8.89. The SMILES string of the molecule is Cc1cc(C)cc(N2CC(CC#N)NCC2(C)C)c1. The average molecular weight is 257 g/mol. The second-order valence-electron chi connectivity index (χ2n) is 6.21. The van der Waals surface area contributed by atoms with Gasteiger partial charge in [-0.15, -0.1) is 0 Å². The summed E-state index contributed by atoms with van der Waals surface area (Å²) in [5, 5.41) is 12.4. The summed E-state index contributed by atoms with van der Waals surface area (Å²) >= 11 is 0. The van der Waals surface area contributed by atoms with Crippen LogP contribution in [0.2, 0.25) is 0 Å². The van der Waals surface area contributed by atoms with E-state index in [0.717, 1.165) is 13.1 Å². The van der Waals surface area contributed by atoms with Crippen LogP contribution in [0.5, 0.6) is 0 Å². The lowest BCUT2D eigenvalue weighted by molar-refractivity contribution is 0.325. The molecule has 1 aromatic carbocycles. The number of aryl methyl sites for hydroxylation is 2. The number of hydrogen-bond donors (Lipinski definition) is 1. The highest BCUT2D eigenvalue weighted by Gasteiger charge is 2.34. The summed E-state index contributed by atoms with van der Waals surface area (Å²) in [6, 6.07) is 9.21. The Hall–Kier alpha value is -1.53. The molecule has 19 heavy (non-hydrogen) atoms. The topological polar surface area (TPSA) is 39.1 Å². The Kier molecular flexibility index (Phi) is 3.82. The van der Waals surface area contributed by atoms with Gasteiger partial charge in [-0.3, -0.25) is 0 Å². The minimum absolute atomic E-state index is 0.0756. The van der Waals surface area contributed by atoms with Gasteiger partial charge in [0.15, 0.2) is 0 Å². The first-order chi connectivity index (χ1) is 8.92. The zero-order valence-electron chi connectivity index (χ0n) is 12.3. The maximum Gasteiger partial charge on any atom is 0.0638 e. The third kappa shape index (κ3) is 3.08. The van der Waals surface area contributed by atoms with Crippen molar-refractivity contribution in [2.45, 2.75) is 45.7 Å². The maximum atomic E-state index is 8.89. The third-order valence-corrected chi connectivity index (χ3v) is 3.81. The summed E-state index contributed by atoms with van der Waals surface area (Å²) in [4.78, 5) is 2.44. The predicted octanol–water partition coefficient (Wildman–Crippen LogP) is 2.77. The van der Waals surface area contributed by atoms with Crippen molar-refractivity contribution in [3.8, 4) is 6.07 Å². The molecule has 3 heteroatoms. The van der Waals surface area contributed by atoms with E-state index in [2.05, 4.69) is 62.2 Å². The molecule has 0 aromatic heterocycles. The lowest BCUT2D eigenvalue weighted by atomic mass is 9.95. The van der Waals surface area contributed by atoms with Crippen LogP contribution in [-0.4, -0.2) is 24.7 Å². The van der Waals surface area contributed by atoms with E-state index < -0.39 is 0 Å². The average Bonchev–Trinajstić information content (AvgIpc) is 2.30. The van der Waals surface area contributed by atoms with Crippen molar-refractivity contribution < 1.29 is 0 Å². The van der Waals surface area contributed by atoms with Crippen LogP contribution < -0.4 is 10.2 Å². The Labute approximate surface area is 116 Å². The third-order valence-electron chi connectivity index (χ3n) is 3.81. The van der Waals surface area contributed by atoms with Crippen molar-refractivity contribution in [3.05, 3.63) is 29.3 Å². The fourth-order valence-corrected chi connectivity index (χ4v) is 2.83. The van der Waals surface area contributed by atoms with E-state index >= 15 is 0 Å². The van der Waals surface area contributed by atoms with E-state index in [0.29, 0.717) is 6.42 Å². The smallest absolute Gasteiger partial charge is 0.0638 e. The molecular formula is C16H23N3. The Morgan fingerprint density at radius 2 is 1.95 bits per heavy atom. The van der Waals surface area contributed by atoms with Gasteiger partial charge in [0.05, 0.1) is 12.5 Å². The number of piperazine rings is 1. The van der Waals surface area contributed by atoms with E-state index in [1.165, 1.54) is 16.8 Å². The molecule has 1 aliphatic heterocycles. The summed E-state index contributed by atoms with van der Waals surface area (Å²) < 4.78 is 0. The molecule has 1 atom stereocenters. The van der Waals surface area contributed by atoms with Crippen molar-refractivity contribution >= 4 is 5.69 Å². The molecule has 2 rings (SSSR count). The van der Waals surface area contributed by atoms with Crippen molar-refractivity contribution in [1.82, 2.24) is 5.32 Å². The summed E-state index contributed by atoms with van der Waals surface area (Å²) in [5.74, 6) is 0. The normalized spacial score (nSPS) is 22.1. The van der Waals surface area contributed by atoms with E-state index in [1.54, 1.807) is 0 Å². The van der Waals surface area contributed by atoms with Gasteiger partial charge >= 0.3 is 0 Å². The molecule has 1 unspecified atom stereocenters. The van der Waals surface area contributed by atoms with Crippen LogP contribution in [0.4, 0.5) is 5.69 Å². The monoisotopic (exact) mass is 257 g/mol. The molecule has 0 aliphatic carbocycles. The van der Waals surface area contributed by atoms with Gasteiger partial charge < -0.3 is 10.2 Å². The predicted molar refractivity (Wildman–Crippen MR) is 79.4 cm³/mol. The Balaban J connectivity index is 2.30. The summed E-state index contributed by atoms with van der Waals surface area (Å²) in [6.45, 7) is 10.6. The first kappa shape index (κ1) is 13.9. The zero-order valence-corrected chi connectivity index (χ0v) is 12.3. The van der Waals surface area contributed by atoms with E-state index in [-0.39, 0.29) is 11.6 Å². The molecule has 3 nitrogen and oxygen atoms in total. The standard InChI is InChI=1S/C16H23N3/c1-12-7-13(2)9-15(8-12)19-10-14(5-6-17)18-11-16(19,3)4/h7-9,14,18H,5,10-11H2,1-4H3. The zero-order chi connectivity index (χ0) is 14.0. The van der Waals surface area contributed by atoms with Crippen molar-refractivity contribution in [1.29, 1.82) is 5.26 Å². The highest BCUT2D eigenvalue weighted by molar-refractivity contribution is 5.53. The first-order valence-electron chi connectivity index (χ1n) is 6.88. The van der Waals surface area contributed by atoms with Gasteiger partial charge in [-0.1, -0.05) is 6.07 Å². The van der Waals surface area contributed by atoms with Gasteiger partial charge in [0.1, 0.15) is 0 Å². The van der Waals surface area contributed by atoms with Gasteiger partial charge in [-0.2, -0.15) is 5.26 Å². The molecule has 0 radical (unpaired) electrons. The second kappa shape index (κ2) is 5.22. The first-order valence-corrected chi connectivity index (χ1v) is 6.88. The molecule has 1 fully saturated rings. The molecule has 1 heterocycles. The van der Waals surface area contributed by atoms with Gasteiger partial charge in [-0.25, -0.2) is 0 Å². The van der Waals surface area contributed by atoms with Crippen LogP contribution in [0.1, 0.15) is 31.4 Å². The van der Waals surface area contributed by atoms with Crippen LogP contribution >= 0.6 is 0 Å². The molecule has 1 aromatic rings. The Morgan fingerprint density at radius 1 is 1.32 bits per heavy atom. The van der Waals surface area contributed by atoms with Gasteiger partial charge in [-0.05, 0) is 51.0 Å². The highest BCUT2D eigenvalue weighted by atomic mass is 15.3. The van der Waals surface area contributed by atoms with Crippen molar-refractivity contribution in [3.63, 3.8) is 0 Å². The van der Waals surface area contributed by atoms with E-state index in [4.69, 9.17) is 5.26 Å². The van der Waals surface area contributed by atoms with Crippen LogP contribution in [0.15, 0.2) is 18.2 Å². The fraction of sp³-hybridized carbons (Fsp3) is 0.562. The number of nitrogens with one attached hydrogen (secondary N) is 1. The molecular weight excluding hydrogens is 234 g/mol. The molecule has 1 aliphatic rings. The van der Waals surface area contributed by atoms with Crippen molar-refractivity contribution in [2.75, 3.05) is 18.0 Å². The number of nitriles is 1. The largest absolute Gasteiger partial charge is 0.364 e. The Morgan fingerprint density at radius 3 is 2.53 bits per heavy atom. The number of hydrogen-bond acceptors (Lipinski definition) is 3. The van der Waals surface area contributed by atoms with Crippen LogP contribution in [0, 0.1) is 25.2 Å². The van der Waals surface area contributed by atoms with Gasteiger partial charge in [0.25, 0.3) is 0 Å². The molecule has 102 valence electrons. The second-order valence-corrected chi connectivity index (χ2v) is 6.21. The lowest BCUT2D eigenvalue weighted by Gasteiger charge is -2.47. The highest BCUT2D eigenvalue weighted by Crippen LogP contribution is 2.28. The van der Waals surface area contributed by atoms with Gasteiger partial charge in [0, 0.05) is 30.4 Å².